The molecule has 0 aliphatic heterocycles. The zero-order valence-corrected chi connectivity index (χ0v) is 28.0. The van der Waals surface area contributed by atoms with Gasteiger partial charge in [-0.3, -0.25) is 9.13 Å². The minimum atomic E-state index is 0.713. The number of hydrogen-bond donors (Lipinski definition) is 2. The molecule has 0 spiro atoms. The van der Waals surface area contributed by atoms with Crippen LogP contribution in [0.25, 0.3) is 33.7 Å². The number of nitrogen functional groups attached to an aromatic ring is 2. The summed E-state index contributed by atoms with van der Waals surface area (Å²) in [6, 6.07) is 28.5. The van der Waals surface area contributed by atoms with Gasteiger partial charge in [0, 0.05) is 11.4 Å². The van der Waals surface area contributed by atoms with Gasteiger partial charge in [-0.1, -0.05) is 18.2 Å². The number of hydrogen-bond acceptors (Lipinski definition) is 7. The van der Waals surface area contributed by atoms with Crippen molar-refractivity contribution < 1.29 is 0 Å². The molecule has 0 aliphatic carbocycles. The maximum absolute atomic E-state index is 5.79. The topological polar surface area (TPSA) is 126 Å². The molecule has 0 fully saturated rings. The maximum Gasteiger partial charge on any atom is 0.139 e. The van der Waals surface area contributed by atoms with E-state index < -0.39 is 0 Å². The highest BCUT2D eigenvalue weighted by atomic mass is 79.9. The van der Waals surface area contributed by atoms with E-state index in [0.29, 0.717) is 11.4 Å². The highest BCUT2D eigenvalue weighted by Gasteiger charge is 2.07. The lowest BCUT2D eigenvalue weighted by Crippen LogP contribution is -1.96. The Morgan fingerprint density at radius 2 is 0.952 bits per heavy atom. The van der Waals surface area contributed by atoms with Crippen LogP contribution in [0.2, 0.25) is 0 Å². The molecular formula is C29H21Br4N9. The molecule has 210 valence electrons. The third kappa shape index (κ3) is 7.40. The number of anilines is 2. The molecule has 0 aliphatic rings. The standard InChI is InChI=1S/2C12H9BrN4.C5H3Br2N/c13-11-2-1-3-12(16-11)17-7-15-9-6-8(14)4-5-10(9)17;13-11-2-1-3-12(16-11)17-7-15-9-5-4-8(14)6-10(9)17;6-4-2-1-3-5(7)8-4/h2*1-7H,14H2;1-3H. The molecule has 7 rings (SSSR count). The van der Waals surface area contributed by atoms with Crippen molar-refractivity contribution in [3.63, 3.8) is 0 Å². The van der Waals surface area contributed by atoms with E-state index in [1.165, 1.54) is 0 Å². The Bertz CT molecular complexity index is 1970. The first-order valence-corrected chi connectivity index (χ1v) is 15.4. The van der Waals surface area contributed by atoms with Crippen LogP contribution < -0.4 is 11.5 Å². The van der Waals surface area contributed by atoms with Gasteiger partial charge in [-0.15, -0.1) is 0 Å². The van der Waals surface area contributed by atoms with Gasteiger partial charge in [0.2, 0.25) is 0 Å². The van der Waals surface area contributed by atoms with E-state index >= 15 is 0 Å². The van der Waals surface area contributed by atoms with Crippen LogP contribution in [0.15, 0.2) is 122 Å². The zero-order chi connectivity index (χ0) is 29.6. The Labute approximate surface area is 274 Å². The summed E-state index contributed by atoms with van der Waals surface area (Å²) in [6.07, 6.45) is 3.50. The molecule has 0 bridgehead atoms. The average molecular weight is 815 g/mol. The predicted molar refractivity (Wildman–Crippen MR) is 182 cm³/mol. The molecule has 5 heterocycles. The van der Waals surface area contributed by atoms with Gasteiger partial charge in [0.25, 0.3) is 0 Å². The van der Waals surface area contributed by atoms with Crippen molar-refractivity contribution in [2.45, 2.75) is 0 Å². The first-order chi connectivity index (χ1) is 20.3. The van der Waals surface area contributed by atoms with Crippen LogP contribution in [-0.4, -0.2) is 34.1 Å². The van der Waals surface area contributed by atoms with Crippen molar-refractivity contribution in [1.29, 1.82) is 0 Å². The Morgan fingerprint density at radius 1 is 0.476 bits per heavy atom. The average Bonchev–Trinajstić information content (AvgIpc) is 3.57. The molecule has 0 unspecified atom stereocenters. The number of nitrogens with zero attached hydrogens (tertiary/aromatic N) is 7. The molecule has 0 saturated heterocycles. The van der Waals surface area contributed by atoms with Gasteiger partial charge in [0.1, 0.15) is 42.7 Å². The van der Waals surface area contributed by atoms with Gasteiger partial charge in [-0.2, -0.15) is 0 Å². The van der Waals surface area contributed by atoms with Gasteiger partial charge in [-0.05, 0) is 137 Å². The largest absolute Gasteiger partial charge is 0.399 e. The van der Waals surface area contributed by atoms with Crippen molar-refractivity contribution in [3.05, 3.63) is 122 Å². The smallest absolute Gasteiger partial charge is 0.139 e. The van der Waals surface area contributed by atoms with Crippen LogP contribution in [-0.2, 0) is 0 Å². The molecule has 0 radical (unpaired) electrons. The third-order valence-corrected chi connectivity index (χ3v) is 7.48. The number of pyridine rings is 3. The van der Waals surface area contributed by atoms with Crippen LogP contribution in [0.5, 0.6) is 0 Å². The molecule has 5 aromatic heterocycles. The summed E-state index contributed by atoms with van der Waals surface area (Å²) in [6.45, 7) is 0. The van der Waals surface area contributed by atoms with Gasteiger partial charge in [0.15, 0.2) is 0 Å². The summed E-state index contributed by atoms with van der Waals surface area (Å²) < 4.78 is 7.14. The quantitative estimate of drug-likeness (QED) is 0.133. The van der Waals surface area contributed by atoms with Gasteiger partial charge < -0.3 is 11.5 Å². The minimum absolute atomic E-state index is 0.713. The fourth-order valence-electron chi connectivity index (χ4n) is 3.87. The number of halogens is 4. The normalized spacial score (nSPS) is 10.6. The van der Waals surface area contributed by atoms with Gasteiger partial charge in [-0.25, -0.2) is 24.9 Å². The highest BCUT2D eigenvalue weighted by Crippen LogP contribution is 2.21. The highest BCUT2D eigenvalue weighted by molar-refractivity contribution is 9.11. The Balaban J connectivity index is 0.000000135. The molecule has 9 nitrogen and oxygen atoms in total. The van der Waals surface area contributed by atoms with Crippen LogP contribution in [0.1, 0.15) is 0 Å². The summed E-state index contributed by atoms with van der Waals surface area (Å²) in [5.74, 6) is 1.64. The van der Waals surface area contributed by atoms with E-state index in [1.54, 1.807) is 12.7 Å². The second-order valence-electron chi connectivity index (χ2n) is 8.65. The Kier molecular flexibility index (Phi) is 9.62. The monoisotopic (exact) mass is 811 g/mol. The molecule has 0 saturated carbocycles. The van der Waals surface area contributed by atoms with Gasteiger partial charge >= 0.3 is 0 Å². The second-order valence-corrected chi connectivity index (χ2v) is 11.9. The van der Waals surface area contributed by atoms with E-state index in [-0.39, 0.29) is 0 Å². The lowest BCUT2D eigenvalue weighted by Gasteiger charge is -2.03. The number of rotatable bonds is 2. The van der Waals surface area contributed by atoms with Crippen molar-refractivity contribution >= 4 is 97.2 Å². The fourth-order valence-corrected chi connectivity index (χ4v) is 5.46. The van der Waals surface area contributed by atoms with E-state index in [9.17, 15) is 0 Å². The molecule has 0 amide bonds. The van der Waals surface area contributed by atoms with Crippen molar-refractivity contribution in [2.75, 3.05) is 11.5 Å². The lowest BCUT2D eigenvalue weighted by molar-refractivity contribution is 1.01. The number of fused-ring (bicyclic) bond motifs is 2. The molecule has 4 N–H and O–H groups in total. The van der Waals surface area contributed by atoms with Crippen LogP contribution >= 0.6 is 63.7 Å². The van der Waals surface area contributed by atoms with E-state index in [2.05, 4.69) is 88.6 Å². The molecule has 7 aromatic rings. The van der Waals surface area contributed by atoms with E-state index in [4.69, 9.17) is 11.5 Å². The maximum atomic E-state index is 5.79. The third-order valence-electron chi connectivity index (χ3n) is 5.72. The minimum Gasteiger partial charge on any atom is -0.399 e. The predicted octanol–water partition coefficient (Wildman–Crippen LogP) is 8.14. The molecule has 0 atom stereocenters. The summed E-state index contributed by atoms with van der Waals surface area (Å²) >= 11 is 13.2. The van der Waals surface area contributed by atoms with Crippen LogP contribution in [0.3, 0.4) is 0 Å². The van der Waals surface area contributed by atoms with Crippen molar-refractivity contribution in [3.8, 4) is 11.6 Å². The first-order valence-electron chi connectivity index (χ1n) is 12.3. The van der Waals surface area contributed by atoms with Gasteiger partial charge in [0.05, 0.1) is 22.1 Å². The Hall–Kier alpha value is -3.65. The molecule has 13 heteroatoms. The van der Waals surface area contributed by atoms with Crippen molar-refractivity contribution in [2.24, 2.45) is 0 Å². The number of nitrogens with two attached hydrogens (primary N) is 2. The number of aromatic nitrogens is 7. The van der Waals surface area contributed by atoms with Crippen molar-refractivity contribution in [1.82, 2.24) is 34.1 Å². The first kappa shape index (κ1) is 29.8. The molecule has 2 aromatic carbocycles. The Morgan fingerprint density at radius 3 is 1.50 bits per heavy atom. The van der Waals surface area contributed by atoms with E-state index in [1.807, 2.05) is 100 Å². The zero-order valence-electron chi connectivity index (χ0n) is 21.6. The molecular weight excluding hydrogens is 794 g/mol. The van der Waals surface area contributed by atoms with E-state index in [0.717, 1.165) is 52.1 Å². The summed E-state index contributed by atoms with van der Waals surface area (Å²) in [4.78, 5) is 21.4. The lowest BCUT2D eigenvalue weighted by atomic mass is 10.3. The molecule has 42 heavy (non-hydrogen) atoms. The number of imidazole rings is 2. The SMILES string of the molecule is Brc1cccc(Br)n1.Nc1ccc2c(c1)ncn2-c1cccc(Br)n1.Nc1ccc2ncn(-c3cccc(Br)n3)c2c1. The number of benzene rings is 2. The second kappa shape index (κ2) is 13.6. The summed E-state index contributed by atoms with van der Waals surface area (Å²) in [5, 5.41) is 0. The fraction of sp³-hybridized carbons (Fsp3) is 0. The van der Waals surface area contributed by atoms with Crippen LogP contribution in [0.4, 0.5) is 11.4 Å². The van der Waals surface area contributed by atoms with Crippen LogP contribution in [0, 0.1) is 0 Å². The summed E-state index contributed by atoms with van der Waals surface area (Å²) in [5.41, 5.74) is 16.7. The summed E-state index contributed by atoms with van der Waals surface area (Å²) in [7, 11) is 0.